The van der Waals surface area contributed by atoms with Gasteiger partial charge in [-0.25, -0.2) is 13.8 Å². The molecule has 190 valence electrons. The first-order valence-corrected chi connectivity index (χ1v) is 13.4. The van der Waals surface area contributed by atoms with E-state index in [9.17, 15) is 13.2 Å². The summed E-state index contributed by atoms with van der Waals surface area (Å²) in [6, 6.07) is 16.5. The molecule has 0 radical (unpaired) electrons. The highest BCUT2D eigenvalue weighted by molar-refractivity contribution is 9.10. The van der Waals surface area contributed by atoms with Gasteiger partial charge in [-0.15, -0.1) is 0 Å². The summed E-state index contributed by atoms with van der Waals surface area (Å²) in [4.78, 5) is 14.8. The van der Waals surface area contributed by atoms with Gasteiger partial charge in [0, 0.05) is 23.6 Å². The molecule has 0 unspecified atom stereocenters. The number of halogens is 2. The van der Waals surface area contributed by atoms with Crippen LogP contribution in [0.5, 0.6) is 5.75 Å². The molecular weight excluding hydrogens is 568 g/mol. The van der Waals surface area contributed by atoms with Crippen LogP contribution in [0, 0.1) is 6.92 Å². The van der Waals surface area contributed by atoms with Crippen LogP contribution in [0.25, 0.3) is 0 Å². The Morgan fingerprint density at radius 1 is 1.08 bits per heavy atom. The highest BCUT2D eigenvalue weighted by Crippen LogP contribution is 2.34. The van der Waals surface area contributed by atoms with E-state index in [0.717, 1.165) is 25.6 Å². The Labute approximate surface area is 224 Å². The van der Waals surface area contributed by atoms with Crippen LogP contribution in [-0.2, 0) is 14.8 Å². The van der Waals surface area contributed by atoms with Crippen molar-refractivity contribution in [2.75, 3.05) is 37.0 Å². The van der Waals surface area contributed by atoms with Gasteiger partial charge in [-0.05, 0) is 70.9 Å². The molecule has 0 aliphatic rings. The van der Waals surface area contributed by atoms with Gasteiger partial charge in [0.1, 0.15) is 12.3 Å². The van der Waals surface area contributed by atoms with Crippen LogP contribution in [-0.4, -0.2) is 48.3 Å². The summed E-state index contributed by atoms with van der Waals surface area (Å²) in [5.74, 6) is -0.398. The van der Waals surface area contributed by atoms with E-state index >= 15 is 0 Å². The monoisotopic (exact) mass is 592 g/mol. The van der Waals surface area contributed by atoms with E-state index in [0.29, 0.717) is 5.02 Å². The number of benzene rings is 3. The topological polar surface area (TPSA) is 91.3 Å². The molecule has 8 nitrogen and oxygen atoms in total. The van der Waals surface area contributed by atoms with Crippen molar-refractivity contribution in [1.82, 2.24) is 5.43 Å². The molecule has 0 aliphatic heterocycles. The molecule has 0 heterocycles. The van der Waals surface area contributed by atoms with E-state index in [2.05, 4.69) is 26.5 Å². The van der Waals surface area contributed by atoms with Crippen molar-refractivity contribution in [1.29, 1.82) is 0 Å². The molecule has 3 rings (SSSR count). The number of hydrazone groups is 1. The number of nitrogens with one attached hydrogen (secondary N) is 1. The molecule has 1 amide bonds. The zero-order valence-electron chi connectivity index (χ0n) is 20.2. The largest absolute Gasteiger partial charge is 0.495 e. The molecule has 3 aromatic carbocycles. The number of aryl methyl sites for hydroxylation is 1. The smallest absolute Gasteiger partial charge is 0.264 e. The Morgan fingerprint density at radius 3 is 2.39 bits per heavy atom. The number of hydrogen-bond acceptors (Lipinski definition) is 6. The molecule has 3 aromatic rings. The number of sulfonamides is 1. The molecule has 0 bridgehead atoms. The van der Waals surface area contributed by atoms with Crippen molar-refractivity contribution >= 4 is 61.1 Å². The third-order valence-electron chi connectivity index (χ3n) is 5.16. The van der Waals surface area contributed by atoms with Gasteiger partial charge in [0.05, 0.1) is 29.6 Å². The number of anilines is 2. The molecule has 11 heteroatoms. The fraction of sp³-hybridized carbons (Fsp3) is 0.200. The lowest BCUT2D eigenvalue weighted by molar-refractivity contribution is -0.119. The van der Waals surface area contributed by atoms with Crippen LogP contribution >= 0.6 is 27.5 Å². The van der Waals surface area contributed by atoms with Gasteiger partial charge in [0.15, 0.2) is 0 Å². The Morgan fingerprint density at radius 2 is 1.78 bits per heavy atom. The van der Waals surface area contributed by atoms with Gasteiger partial charge in [0.25, 0.3) is 15.9 Å². The van der Waals surface area contributed by atoms with Crippen LogP contribution in [0.2, 0.25) is 5.02 Å². The van der Waals surface area contributed by atoms with Gasteiger partial charge in [-0.3, -0.25) is 9.10 Å². The van der Waals surface area contributed by atoms with Crippen LogP contribution in [0.15, 0.2) is 75.1 Å². The number of rotatable bonds is 9. The third kappa shape index (κ3) is 6.57. The average molecular weight is 594 g/mol. The molecule has 0 spiro atoms. The number of hydrogen-bond donors (Lipinski definition) is 1. The maximum atomic E-state index is 13.6. The predicted octanol–water partition coefficient (Wildman–Crippen LogP) is 4.83. The van der Waals surface area contributed by atoms with Crippen molar-refractivity contribution in [3.8, 4) is 5.75 Å². The fourth-order valence-electron chi connectivity index (χ4n) is 3.31. The van der Waals surface area contributed by atoms with E-state index in [4.69, 9.17) is 16.3 Å². The first-order valence-electron chi connectivity index (χ1n) is 10.7. The van der Waals surface area contributed by atoms with Crippen molar-refractivity contribution < 1.29 is 17.9 Å². The zero-order chi connectivity index (χ0) is 26.5. The third-order valence-corrected chi connectivity index (χ3v) is 7.81. The molecule has 36 heavy (non-hydrogen) atoms. The molecular formula is C25H26BrClN4O4S. The molecule has 0 saturated carbocycles. The molecule has 0 atom stereocenters. The second kappa shape index (κ2) is 11.8. The summed E-state index contributed by atoms with van der Waals surface area (Å²) in [6.45, 7) is 1.31. The number of ether oxygens (including phenoxy) is 1. The second-order valence-electron chi connectivity index (χ2n) is 8.04. The quantitative estimate of drug-likeness (QED) is 0.284. The van der Waals surface area contributed by atoms with Crippen molar-refractivity contribution in [3.05, 3.63) is 81.3 Å². The molecule has 0 saturated heterocycles. The Hall–Kier alpha value is -3.08. The molecule has 1 N–H and O–H groups in total. The van der Waals surface area contributed by atoms with Gasteiger partial charge in [0.2, 0.25) is 0 Å². The van der Waals surface area contributed by atoms with Gasteiger partial charge < -0.3 is 9.64 Å². The zero-order valence-corrected chi connectivity index (χ0v) is 23.4. The fourth-order valence-corrected chi connectivity index (χ4v) is 5.65. The van der Waals surface area contributed by atoms with E-state index in [-0.39, 0.29) is 16.3 Å². The van der Waals surface area contributed by atoms with Gasteiger partial charge in [-0.1, -0.05) is 35.4 Å². The summed E-state index contributed by atoms with van der Waals surface area (Å²) in [5.41, 5.74) is 5.16. The van der Waals surface area contributed by atoms with Crippen molar-refractivity contribution in [2.45, 2.75) is 11.8 Å². The molecule has 0 fully saturated rings. The minimum absolute atomic E-state index is 0.0252. The van der Waals surface area contributed by atoms with Gasteiger partial charge >= 0.3 is 0 Å². The minimum atomic E-state index is -4.14. The highest BCUT2D eigenvalue weighted by atomic mass is 79.9. The Balaban J connectivity index is 1.89. The first-order chi connectivity index (χ1) is 17.0. The summed E-state index contributed by atoms with van der Waals surface area (Å²) in [6.07, 6.45) is 1.47. The van der Waals surface area contributed by atoms with Crippen molar-refractivity contribution in [2.24, 2.45) is 5.10 Å². The number of carbonyl (C=O) groups excluding carboxylic acids is 1. The van der Waals surface area contributed by atoms with Crippen LogP contribution in [0.1, 0.15) is 11.1 Å². The maximum Gasteiger partial charge on any atom is 0.264 e. The number of amides is 1. The predicted molar refractivity (Wildman–Crippen MR) is 148 cm³/mol. The first kappa shape index (κ1) is 27.5. The number of methoxy groups -OCH3 is 1. The minimum Gasteiger partial charge on any atom is -0.495 e. The standard InChI is InChI=1S/C25H26BrClN4O4S/c1-17-5-9-20(10-6-17)36(33,34)31(23-14-19(27)8-12-24(23)35-4)16-25(32)29-28-15-18-7-11-22(30(2)3)21(26)13-18/h5-15H,16H2,1-4H3,(H,29,32)/b28-15-. The van der Waals surface area contributed by atoms with E-state index in [1.807, 2.05) is 44.1 Å². The lowest BCUT2D eigenvalue weighted by atomic mass is 10.2. The van der Waals surface area contributed by atoms with Gasteiger partial charge in [-0.2, -0.15) is 5.10 Å². The van der Waals surface area contributed by atoms with E-state index in [1.165, 1.54) is 31.5 Å². The summed E-state index contributed by atoms with van der Waals surface area (Å²) in [5, 5.41) is 4.28. The Kier molecular flexibility index (Phi) is 8.99. The normalized spacial score (nSPS) is 11.4. The maximum absolute atomic E-state index is 13.6. The van der Waals surface area contributed by atoms with E-state index in [1.54, 1.807) is 24.3 Å². The lowest BCUT2D eigenvalue weighted by Crippen LogP contribution is -2.39. The SMILES string of the molecule is COc1ccc(Cl)cc1N(CC(=O)N/N=C\c1ccc(N(C)C)c(Br)c1)S(=O)(=O)c1ccc(C)cc1. The summed E-state index contributed by atoms with van der Waals surface area (Å²) < 4.78 is 34.3. The van der Waals surface area contributed by atoms with E-state index < -0.39 is 22.5 Å². The Bertz CT molecular complexity index is 1380. The number of nitrogens with zero attached hydrogens (tertiary/aromatic N) is 3. The lowest BCUT2D eigenvalue weighted by Gasteiger charge is -2.25. The van der Waals surface area contributed by atoms with Crippen LogP contribution < -0.4 is 19.4 Å². The molecule has 0 aliphatic carbocycles. The highest BCUT2D eigenvalue weighted by Gasteiger charge is 2.29. The summed E-state index contributed by atoms with van der Waals surface area (Å²) >= 11 is 9.67. The van der Waals surface area contributed by atoms with Crippen LogP contribution in [0.3, 0.4) is 0 Å². The number of carbonyl (C=O) groups is 1. The summed E-state index contributed by atoms with van der Waals surface area (Å²) in [7, 11) is 1.13. The van der Waals surface area contributed by atoms with Crippen molar-refractivity contribution in [3.63, 3.8) is 0 Å². The second-order valence-corrected chi connectivity index (χ2v) is 11.2. The van der Waals surface area contributed by atoms with Crippen LogP contribution in [0.4, 0.5) is 11.4 Å². The average Bonchev–Trinajstić information content (AvgIpc) is 2.82. The molecule has 0 aromatic heterocycles.